The molecule has 7 heteroatoms. The van der Waals surface area contributed by atoms with Crippen LogP contribution in [0.5, 0.6) is 23.0 Å². The second-order valence-corrected chi connectivity index (χ2v) is 5.32. The fraction of sp³-hybridized carbons (Fsp3) is 0.111. The number of carbonyl (C=O) groups excluding carboxylic acids is 1. The summed E-state index contributed by atoms with van der Waals surface area (Å²) in [4.78, 5) is 24.0. The summed E-state index contributed by atoms with van der Waals surface area (Å²) in [7, 11) is 0. The maximum absolute atomic E-state index is 12.5. The van der Waals surface area contributed by atoms with Crippen molar-refractivity contribution in [3.63, 3.8) is 0 Å². The van der Waals surface area contributed by atoms with E-state index in [4.69, 9.17) is 9.15 Å². The number of esters is 1. The average Bonchev–Trinajstić information content (AvgIpc) is 2.56. The first kappa shape index (κ1) is 16.4. The van der Waals surface area contributed by atoms with E-state index >= 15 is 0 Å². The first-order valence-corrected chi connectivity index (χ1v) is 7.43. The molecule has 3 rings (SSSR count). The molecule has 25 heavy (non-hydrogen) atoms. The van der Waals surface area contributed by atoms with Crippen LogP contribution in [0.3, 0.4) is 0 Å². The molecule has 3 aromatic rings. The number of phenols is 3. The van der Waals surface area contributed by atoms with Gasteiger partial charge in [0.15, 0.2) is 16.9 Å². The summed E-state index contributed by atoms with van der Waals surface area (Å²) in [5.74, 6) is -1.44. The Balaban J connectivity index is 2.21. The predicted octanol–water partition coefficient (Wildman–Crippen LogP) is 2.89. The van der Waals surface area contributed by atoms with Crippen LogP contribution in [0, 0.1) is 0 Å². The van der Waals surface area contributed by atoms with Crippen molar-refractivity contribution < 1.29 is 29.3 Å². The highest BCUT2D eigenvalue weighted by molar-refractivity contribution is 5.89. The third-order valence-electron chi connectivity index (χ3n) is 3.55. The van der Waals surface area contributed by atoms with E-state index in [1.54, 1.807) is 6.92 Å². The summed E-state index contributed by atoms with van der Waals surface area (Å²) >= 11 is 0. The molecule has 0 atom stereocenters. The number of rotatable bonds is 3. The summed E-state index contributed by atoms with van der Waals surface area (Å²) in [6, 6.07) is 7.52. The fourth-order valence-electron chi connectivity index (χ4n) is 2.33. The first-order valence-electron chi connectivity index (χ1n) is 7.43. The van der Waals surface area contributed by atoms with Crippen molar-refractivity contribution in [2.24, 2.45) is 0 Å². The van der Waals surface area contributed by atoms with Gasteiger partial charge >= 0.3 is 5.97 Å². The van der Waals surface area contributed by atoms with Gasteiger partial charge in [-0.2, -0.15) is 0 Å². The Kier molecular flexibility index (Phi) is 4.06. The molecular weight excluding hydrogens is 328 g/mol. The first-order chi connectivity index (χ1) is 11.9. The van der Waals surface area contributed by atoms with E-state index in [-0.39, 0.29) is 46.1 Å². The normalized spacial score (nSPS) is 10.8. The second-order valence-electron chi connectivity index (χ2n) is 5.32. The van der Waals surface area contributed by atoms with E-state index in [1.807, 2.05) is 0 Å². The van der Waals surface area contributed by atoms with Crippen molar-refractivity contribution in [2.45, 2.75) is 13.3 Å². The highest BCUT2D eigenvalue weighted by Gasteiger charge is 2.16. The van der Waals surface area contributed by atoms with Crippen LogP contribution in [0.25, 0.3) is 22.3 Å². The molecule has 0 amide bonds. The molecule has 0 saturated carbocycles. The number of benzene rings is 2. The number of hydrogen-bond donors (Lipinski definition) is 3. The van der Waals surface area contributed by atoms with Crippen LogP contribution in [0.2, 0.25) is 0 Å². The molecule has 2 aromatic carbocycles. The molecule has 128 valence electrons. The molecule has 0 fully saturated rings. The fourth-order valence-corrected chi connectivity index (χ4v) is 2.33. The third kappa shape index (κ3) is 3.12. The zero-order chi connectivity index (χ0) is 18.1. The van der Waals surface area contributed by atoms with Crippen molar-refractivity contribution in [1.82, 2.24) is 0 Å². The number of aromatic hydroxyl groups is 3. The van der Waals surface area contributed by atoms with Crippen molar-refractivity contribution >= 4 is 16.9 Å². The van der Waals surface area contributed by atoms with Gasteiger partial charge in [0.05, 0.1) is 0 Å². The molecule has 0 unspecified atom stereocenters. The quantitative estimate of drug-likeness (QED) is 0.380. The molecule has 0 aliphatic rings. The molecule has 0 saturated heterocycles. The molecule has 0 aliphatic heterocycles. The Bertz CT molecular complexity index is 1030. The van der Waals surface area contributed by atoms with Crippen molar-refractivity contribution in [1.29, 1.82) is 0 Å². The zero-order valence-electron chi connectivity index (χ0n) is 13.1. The molecule has 7 nitrogen and oxygen atoms in total. The second kappa shape index (κ2) is 6.20. The van der Waals surface area contributed by atoms with Gasteiger partial charge in [-0.05, 0) is 18.2 Å². The van der Waals surface area contributed by atoms with Crippen molar-refractivity contribution in [3.8, 4) is 34.3 Å². The van der Waals surface area contributed by atoms with E-state index in [0.717, 1.165) is 0 Å². The molecule has 0 spiro atoms. The van der Waals surface area contributed by atoms with Crippen LogP contribution in [0.4, 0.5) is 0 Å². The molecule has 0 bridgehead atoms. The van der Waals surface area contributed by atoms with E-state index in [1.165, 1.54) is 36.4 Å². The molecule has 1 heterocycles. The van der Waals surface area contributed by atoms with Crippen LogP contribution in [0.15, 0.2) is 45.6 Å². The lowest BCUT2D eigenvalue weighted by Crippen LogP contribution is -2.09. The van der Waals surface area contributed by atoms with Gasteiger partial charge in [-0.3, -0.25) is 9.59 Å². The monoisotopic (exact) mass is 342 g/mol. The van der Waals surface area contributed by atoms with Gasteiger partial charge in [-0.25, -0.2) is 0 Å². The van der Waals surface area contributed by atoms with Gasteiger partial charge < -0.3 is 24.5 Å². The topological polar surface area (TPSA) is 117 Å². The summed E-state index contributed by atoms with van der Waals surface area (Å²) in [6.45, 7) is 1.60. The van der Waals surface area contributed by atoms with Crippen LogP contribution >= 0.6 is 0 Å². The zero-order valence-corrected chi connectivity index (χ0v) is 13.1. The maximum Gasteiger partial charge on any atom is 0.310 e. The van der Waals surface area contributed by atoms with Gasteiger partial charge in [-0.1, -0.05) is 6.92 Å². The summed E-state index contributed by atoms with van der Waals surface area (Å²) in [5.41, 5.74) is -0.110. The third-order valence-corrected chi connectivity index (χ3v) is 3.55. The summed E-state index contributed by atoms with van der Waals surface area (Å²) in [6.07, 6.45) is 0.105. The minimum atomic E-state index is -0.557. The number of ether oxygens (including phenoxy) is 1. The van der Waals surface area contributed by atoms with E-state index < -0.39 is 11.4 Å². The Labute approximate surface area is 141 Å². The van der Waals surface area contributed by atoms with E-state index in [0.29, 0.717) is 5.56 Å². The van der Waals surface area contributed by atoms with Gasteiger partial charge in [-0.15, -0.1) is 0 Å². The van der Waals surface area contributed by atoms with Crippen LogP contribution < -0.4 is 10.2 Å². The molecule has 0 radical (unpaired) electrons. The molecular formula is C18H14O7. The van der Waals surface area contributed by atoms with E-state index in [2.05, 4.69) is 0 Å². The Morgan fingerprint density at radius 1 is 1.08 bits per heavy atom. The van der Waals surface area contributed by atoms with Gasteiger partial charge in [0.25, 0.3) is 0 Å². The minimum absolute atomic E-state index is 0.0198. The summed E-state index contributed by atoms with van der Waals surface area (Å²) < 4.78 is 10.7. The lowest BCUT2D eigenvalue weighted by molar-refractivity contribution is -0.133. The lowest BCUT2D eigenvalue weighted by Gasteiger charge is -2.09. The number of fused-ring (bicyclic) bond motifs is 1. The Morgan fingerprint density at radius 3 is 2.52 bits per heavy atom. The highest BCUT2D eigenvalue weighted by Crippen LogP contribution is 2.34. The average molecular weight is 342 g/mol. The summed E-state index contributed by atoms with van der Waals surface area (Å²) in [5, 5.41) is 28.8. The van der Waals surface area contributed by atoms with Crippen LogP contribution in [-0.4, -0.2) is 21.3 Å². The van der Waals surface area contributed by atoms with Crippen LogP contribution in [-0.2, 0) is 4.79 Å². The molecule has 3 N–H and O–H groups in total. The standard InChI is InChI=1S/C18H14O7/c1-2-17(23)25-16-7-10(19)6-15-18(16)13(22)8-14(24-15)9-3-4-11(20)12(21)5-9/h3-8,19-21H,2H2,1H3. The molecule has 1 aromatic heterocycles. The van der Waals surface area contributed by atoms with E-state index in [9.17, 15) is 24.9 Å². The molecule has 0 aliphatic carbocycles. The smallest absolute Gasteiger partial charge is 0.310 e. The van der Waals surface area contributed by atoms with Crippen molar-refractivity contribution in [2.75, 3.05) is 0 Å². The largest absolute Gasteiger partial charge is 0.508 e. The highest BCUT2D eigenvalue weighted by atomic mass is 16.5. The Morgan fingerprint density at radius 2 is 1.84 bits per heavy atom. The van der Waals surface area contributed by atoms with Crippen molar-refractivity contribution in [3.05, 3.63) is 46.6 Å². The maximum atomic E-state index is 12.5. The number of hydrogen-bond acceptors (Lipinski definition) is 7. The van der Waals surface area contributed by atoms with Crippen LogP contribution in [0.1, 0.15) is 13.3 Å². The SMILES string of the molecule is CCC(=O)Oc1cc(O)cc2oc(-c3ccc(O)c(O)c3)cc(=O)c12. The number of carbonyl (C=O) groups is 1. The van der Waals surface area contributed by atoms with Gasteiger partial charge in [0.1, 0.15) is 28.2 Å². The minimum Gasteiger partial charge on any atom is -0.508 e. The Hall–Kier alpha value is -3.48. The van der Waals surface area contributed by atoms with Gasteiger partial charge in [0.2, 0.25) is 0 Å². The predicted molar refractivity (Wildman–Crippen MR) is 88.8 cm³/mol. The number of phenolic OH excluding ortho intramolecular Hbond substituents is 3. The lowest BCUT2D eigenvalue weighted by atomic mass is 10.1. The van der Waals surface area contributed by atoms with Gasteiger partial charge in [0, 0.05) is 30.2 Å².